The number of hydrogen-bond donors (Lipinski definition) is 0. The van der Waals surface area contributed by atoms with Crippen LogP contribution >= 0.6 is 0 Å². The molecule has 0 fully saturated rings. The van der Waals surface area contributed by atoms with Gasteiger partial charge in [-0.05, 0) is 0 Å². The summed E-state index contributed by atoms with van der Waals surface area (Å²) < 4.78 is 11.1. The van der Waals surface area contributed by atoms with Crippen LogP contribution in [0.25, 0.3) is 0 Å². The molecule has 29 heavy (non-hydrogen) atoms. The molecule has 0 aromatic heterocycles. The predicted octanol–water partition coefficient (Wildman–Crippen LogP) is 3.08. The van der Waals surface area contributed by atoms with Crippen LogP contribution < -0.4 is 19.1 Å². The summed E-state index contributed by atoms with van der Waals surface area (Å²) in [7, 11) is 0. The molecule has 4 rings (SSSR count). The van der Waals surface area contributed by atoms with Gasteiger partial charge in [0.1, 0.15) is 0 Å². The average Bonchev–Trinajstić information content (AvgIpc) is 2.79. The molecule has 2 radical (unpaired) electrons. The van der Waals surface area contributed by atoms with Crippen LogP contribution in [0.5, 0.6) is 5.75 Å². The first-order chi connectivity index (χ1) is 14.3. The average molecular weight is 599 g/mol. The van der Waals surface area contributed by atoms with Crippen LogP contribution in [0, 0.1) is 0 Å². The third-order valence-corrected chi connectivity index (χ3v) is 12.9. The Balaban J connectivity index is 0.000000204. The molecule has 0 aliphatic rings. The minimum atomic E-state index is -1.98. The summed E-state index contributed by atoms with van der Waals surface area (Å²) in [6.45, 7) is 2.73. The van der Waals surface area contributed by atoms with E-state index in [1.54, 1.807) is 0 Å². The first kappa shape index (κ1) is 22.0. The third-order valence-electron chi connectivity index (χ3n) is 4.32. The van der Waals surface area contributed by atoms with Crippen LogP contribution in [0.3, 0.4) is 0 Å². The minimum absolute atomic E-state index is 0.740. The van der Waals surface area contributed by atoms with E-state index in [2.05, 4.69) is 103 Å². The third kappa shape index (κ3) is 6.92. The van der Waals surface area contributed by atoms with Crippen LogP contribution in [0.1, 0.15) is 6.92 Å². The normalized spacial score (nSPS) is 10.1. The van der Waals surface area contributed by atoms with Crippen molar-refractivity contribution in [2.75, 3.05) is 6.61 Å². The van der Waals surface area contributed by atoms with E-state index >= 15 is 0 Å². The van der Waals surface area contributed by atoms with Gasteiger partial charge in [-0.1, -0.05) is 0 Å². The van der Waals surface area contributed by atoms with E-state index in [1.807, 2.05) is 41.4 Å². The van der Waals surface area contributed by atoms with E-state index in [0.29, 0.717) is 0 Å². The second-order valence-electron chi connectivity index (χ2n) is 6.38. The van der Waals surface area contributed by atoms with E-state index in [9.17, 15) is 0 Å². The molecule has 0 saturated carbocycles. The molecule has 0 bridgehead atoms. The molecule has 3 heteroatoms. The molecule has 0 atom stereocenters. The van der Waals surface area contributed by atoms with Crippen molar-refractivity contribution in [3.05, 3.63) is 115 Å². The molecule has 0 aliphatic carbocycles. The fraction of sp³-hybridized carbons (Fsp3) is 0.0769. The zero-order chi connectivity index (χ0) is 20.3. The summed E-state index contributed by atoms with van der Waals surface area (Å²) in [6, 6.07) is 41.0. The van der Waals surface area contributed by atoms with Crippen molar-refractivity contribution < 1.29 is 4.74 Å². The van der Waals surface area contributed by atoms with E-state index in [4.69, 9.17) is 4.74 Å². The molecule has 0 saturated heterocycles. The van der Waals surface area contributed by atoms with Crippen molar-refractivity contribution in [1.29, 1.82) is 0 Å². The van der Waals surface area contributed by atoms with Gasteiger partial charge in [0.05, 0.1) is 0 Å². The zero-order valence-electron chi connectivity index (χ0n) is 16.5. The Hall–Kier alpha value is -1.73. The molecular weight excluding hydrogens is 575 g/mol. The van der Waals surface area contributed by atoms with E-state index in [-0.39, 0.29) is 0 Å². The van der Waals surface area contributed by atoms with Gasteiger partial charge in [-0.15, -0.1) is 0 Å². The number of hydrogen-bond acceptors (Lipinski definition) is 1. The van der Waals surface area contributed by atoms with Gasteiger partial charge in [0.25, 0.3) is 0 Å². The maximum absolute atomic E-state index is 5.26. The van der Waals surface area contributed by atoms with Crippen molar-refractivity contribution in [2.45, 2.75) is 6.92 Å². The van der Waals surface area contributed by atoms with Crippen LogP contribution in [0.4, 0.5) is 0 Å². The van der Waals surface area contributed by atoms with Crippen molar-refractivity contribution in [1.82, 2.24) is 0 Å². The summed E-state index contributed by atoms with van der Waals surface area (Å²) in [5.41, 5.74) is 0. The summed E-state index contributed by atoms with van der Waals surface area (Å²) in [6.07, 6.45) is 0. The zero-order valence-corrected chi connectivity index (χ0v) is 21.7. The van der Waals surface area contributed by atoms with Crippen molar-refractivity contribution >= 4 is 56.4 Å². The molecule has 0 amide bonds. The quantitative estimate of drug-likeness (QED) is 0.321. The maximum atomic E-state index is 5.26. The van der Waals surface area contributed by atoms with Gasteiger partial charge in [0.2, 0.25) is 0 Å². The number of ether oxygens (including phenoxy) is 1. The molecular formula is C26H24OSnTe. The van der Waals surface area contributed by atoms with Crippen LogP contribution in [0.15, 0.2) is 115 Å². The van der Waals surface area contributed by atoms with Gasteiger partial charge < -0.3 is 0 Å². The Morgan fingerprint density at radius 1 is 0.586 bits per heavy atom. The predicted molar refractivity (Wildman–Crippen MR) is 127 cm³/mol. The van der Waals surface area contributed by atoms with Crippen LogP contribution in [-0.4, -0.2) is 48.7 Å². The second-order valence-corrected chi connectivity index (χ2v) is 14.8. The van der Waals surface area contributed by atoms with Gasteiger partial charge in [-0.3, -0.25) is 0 Å². The van der Waals surface area contributed by atoms with Crippen LogP contribution in [-0.2, 0) is 0 Å². The monoisotopic (exact) mass is 602 g/mol. The Bertz CT molecular complexity index is 864. The Kier molecular flexibility index (Phi) is 9.15. The van der Waals surface area contributed by atoms with E-state index in [1.165, 1.54) is 14.3 Å². The molecule has 1 nitrogen and oxygen atoms in total. The summed E-state index contributed by atoms with van der Waals surface area (Å²) in [5, 5.41) is 0. The van der Waals surface area contributed by atoms with E-state index in [0.717, 1.165) is 12.4 Å². The fourth-order valence-electron chi connectivity index (χ4n) is 3.02. The summed E-state index contributed by atoms with van der Waals surface area (Å²) in [5.74, 6) is 0.954. The van der Waals surface area contributed by atoms with Crippen molar-refractivity contribution in [2.24, 2.45) is 0 Å². The molecule has 0 heterocycles. The Labute approximate surface area is 194 Å². The summed E-state index contributed by atoms with van der Waals surface area (Å²) >= 11 is 0.0155. The van der Waals surface area contributed by atoms with Gasteiger partial charge in [-0.25, -0.2) is 0 Å². The molecule has 0 N–H and O–H groups in total. The fourth-order valence-corrected chi connectivity index (χ4v) is 10.8. The Morgan fingerprint density at radius 2 is 0.966 bits per heavy atom. The standard InChI is InChI=1S/C8H9OTe.3C6H5.Sn/c1-2-9-7-3-5-8(10)6-4-7;3*1-2-4-6-5-3-1;/h3-6H,2H2,1H3;3*1-5H;. The van der Waals surface area contributed by atoms with Crippen molar-refractivity contribution in [3.8, 4) is 5.75 Å². The molecule has 0 spiro atoms. The van der Waals surface area contributed by atoms with E-state index < -0.39 is 19.8 Å². The first-order valence-electron chi connectivity index (χ1n) is 9.71. The van der Waals surface area contributed by atoms with Gasteiger partial charge in [0, 0.05) is 0 Å². The van der Waals surface area contributed by atoms with Gasteiger partial charge in [0.15, 0.2) is 0 Å². The molecule has 4 aromatic rings. The Morgan fingerprint density at radius 3 is 1.31 bits per heavy atom. The second kappa shape index (κ2) is 12.1. The molecule has 144 valence electrons. The molecule has 4 aromatic carbocycles. The number of rotatable bonds is 5. The number of benzene rings is 4. The molecule has 0 unspecified atom stereocenters. The first-order valence-corrected chi connectivity index (χ1v) is 15.2. The topological polar surface area (TPSA) is 9.23 Å². The van der Waals surface area contributed by atoms with Gasteiger partial charge >= 0.3 is 196 Å². The van der Waals surface area contributed by atoms with Crippen LogP contribution in [0.2, 0.25) is 0 Å². The SMILES string of the molecule is CCOc1ccc([Te])cc1.c1cc[c]([Sn]([c]2ccccc2)[c]2ccccc2)cc1. The van der Waals surface area contributed by atoms with Crippen molar-refractivity contribution in [3.63, 3.8) is 0 Å². The summed E-state index contributed by atoms with van der Waals surface area (Å²) in [4.78, 5) is 0. The molecule has 0 aliphatic heterocycles. The van der Waals surface area contributed by atoms with Gasteiger partial charge in [-0.2, -0.15) is 0 Å².